The van der Waals surface area contributed by atoms with Crippen molar-refractivity contribution in [3.8, 4) is 0 Å². The molecule has 158 valence electrons. The summed E-state index contributed by atoms with van der Waals surface area (Å²) in [6.45, 7) is 11.0. The minimum atomic E-state index is 0. The summed E-state index contributed by atoms with van der Waals surface area (Å²) in [6.07, 6.45) is 2.11. The standard InChI is InChI=1S/C22H31N5O.HI/c1-4-23-22(25-14-19-7-5-17(2)6-8-19)26-15-20-9-10-24-21(13-20)27-11-12-28-18(3)16-27;/h5-10,13,18H,4,11-12,14-16H2,1-3H3,(H2,23,25,26);1H. The number of nitrogens with one attached hydrogen (secondary N) is 2. The van der Waals surface area contributed by atoms with E-state index in [1.54, 1.807) is 0 Å². The van der Waals surface area contributed by atoms with Crippen LogP contribution in [0.4, 0.5) is 5.82 Å². The Morgan fingerprint density at radius 3 is 2.72 bits per heavy atom. The number of guanidine groups is 1. The normalized spacial score (nSPS) is 16.9. The molecule has 1 fully saturated rings. The molecule has 1 aromatic carbocycles. The number of anilines is 1. The van der Waals surface area contributed by atoms with Gasteiger partial charge in [-0.1, -0.05) is 29.8 Å². The molecule has 0 amide bonds. The first-order valence-electron chi connectivity index (χ1n) is 10.0. The van der Waals surface area contributed by atoms with Crippen LogP contribution >= 0.6 is 24.0 Å². The van der Waals surface area contributed by atoms with Gasteiger partial charge in [-0.3, -0.25) is 0 Å². The van der Waals surface area contributed by atoms with Crippen LogP contribution in [-0.2, 0) is 17.8 Å². The summed E-state index contributed by atoms with van der Waals surface area (Å²) in [5.74, 6) is 1.82. The first-order valence-corrected chi connectivity index (χ1v) is 10.0. The number of hydrogen-bond acceptors (Lipinski definition) is 4. The summed E-state index contributed by atoms with van der Waals surface area (Å²) < 4.78 is 5.63. The lowest BCUT2D eigenvalue weighted by Crippen LogP contribution is -2.41. The molecule has 1 saturated heterocycles. The molecule has 29 heavy (non-hydrogen) atoms. The number of benzene rings is 1. The van der Waals surface area contributed by atoms with Crippen LogP contribution in [-0.4, -0.2) is 43.3 Å². The number of halogens is 1. The molecular weight excluding hydrogens is 477 g/mol. The second kappa shape index (κ2) is 12.0. The van der Waals surface area contributed by atoms with Crippen molar-refractivity contribution in [3.05, 3.63) is 59.3 Å². The molecule has 0 bridgehead atoms. The Labute approximate surface area is 191 Å². The van der Waals surface area contributed by atoms with E-state index in [-0.39, 0.29) is 30.1 Å². The zero-order chi connectivity index (χ0) is 19.8. The number of rotatable bonds is 6. The van der Waals surface area contributed by atoms with E-state index in [0.29, 0.717) is 6.54 Å². The molecule has 1 unspecified atom stereocenters. The third kappa shape index (κ3) is 7.47. The Balaban J connectivity index is 0.00000300. The lowest BCUT2D eigenvalue weighted by atomic mass is 10.1. The number of aryl methyl sites for hydroxylation is 1. The number of pyridine rings is 1. The van der Waals surface area contributed by atoms with Gasteiger partial charge in [0.2, 0.25) is 0 Å². The van der Waals surface area contributed by atoms with E-state index in [0.717, 1.165) is 50.1 Å². The second-order valence-corrected chi connectivity index (χ2v) is 7.18. The van der Waals surface area contributed by atoms with Crippen LogP contribution in [0.5, 0.6) is 0 Å². The SMILES string of the molecule is CCNC(=NCc1ccnc(N2CCOC(C)C2)c1)NCc1ccc(C)cc1.I. The topological polar surface area (TPSA) is 61.8 Å². The number of hydrogen-bond donors (Lipinski definition) is 2. The summed E-state index contributed by atoms with van der Waals surface area (Å²) in [4.78, 5) is 11.6. The van der Waals surface area contributed by atoms with E-state index >= 15 is 0 Å². The minimum absolute atomic E-state index is 0. The molecule has 7 heteroatoms. The van der Waals surface area contributed by atoms with E-state index in [9.17, 15) is 0 Å². The maximum Gasteiger partial charge on any atom is 0.191 e. The van der Waals surface area contributed by atoms with Gasteiger partial charge in [0.1, 0.15) is 5.82 Å². The van der Waals surface area contributed by atoms with E-state index in [4.69, 9.17) is 9.73 Å². The van der Waals surface area contributed by atoms with E-state index in [1.807, 2.05) is 12.3 Å². The largest absolute Gasteiger partial charge is 0.375 e. The van der Waals surface area contributed by atoms with Crippen molar-refractivity contribution in [1.82, 2.24) is 15.6 Å². The van der Waals surface area contributed by atoms with Crippen molar-refractivity contribution >= 4 is 35.8 Å². The molecular formula is C22H32IN5O. The van der Waals surface area contributed by atoms with E-state index in [1.165, 1.54) is 11.1 Å². The van der Waals surface area contributed by atoms with Crippen LogP contribution in [0.3, 0.4) is 0 Å². The third-order valence-electron chi connectivity index (χ3n) is 4.72. The summed E-state index contributed by atoms with van der Waals surface area (Å²) in [7, 11) is 0. The van der Waals surface area contributed by atoms with Crippen LogP contribution in [0.1, 0.15) is 30.5 Å². The van der Waals surface area contributed by atoms with E-state index in [2.05, 4.69) is 71.6 Å². The highest BCUT2D eigenvalue weighted by Gasteiger charge is 2.17. The minimum Gasteiger partial charge on any atom is -0.375 e. The Morgan fingerprint density at radius 1 is 1.21 bits per heavy atom. The van der Waals surface area contributed by atoms with Crippen molar-refractivity contribution in [3.63, 3.8) is 0 Å². The van der Waals surface area contributed by atoms with Crippen molar-refractivity contribution in [2.45, 2.75) is 40.0 Å². The lowest BCUT2D eigenvalue weighted by molar-refractivity contribution is 0.0529. The van der Waals surface area contributed by atoms with Gasteiger partial charge in [-0.2, -0.15) is 0 Å². The predicted molar refractivity (Wildman–Crippen MR) is 130 cm³/mol. The van der Waals surface area contributed by atoms with Gasteiger partial charge in [-0.25, -0.2) is 9.98 Å². The van der Waals surface area contributed by atoms with Crippen molar-refractivity contribution in [2.24, 2.45) is 4.99 Å². The quantitative estimate of drug-likeness (QED) is 0.355. The predicted octanol–water partition coefficient (Wildman–Crippen LogP) is 3.49. The molecule has 2 N–H and O–H groups in total. The fourth-order valence-electron chi connectivity index (χ4n) is 3.16. The molecule has 1 aromatic heterocycles. The molecule has 1 aliphatic rings. The van der Waals surface area contributed by atoms with Gasteiger partial charge >= 0.3 is 0 Å². The molecule has 3 rings (SSSR count). The van der Waals surface area contributed by atoms with Crippen LogP contribution in [0.25, 0.3) is 0 Å². The Morgan fingerprint density at radius 2 is 2.00 bits per heavy atom. The number of ether oxygens (including phenoxy) is 1. The highest BCUT2D eigenvalue weighted by molar-refractivity contribution is 14.0. The number of nitrogens with zero attached hydrogens (tertiary/aromatic N) is 3. The molecule has 1 atom stereocenters. The van der Waals surface area contributed by atoms with Crippen LogP contribution in [0.2, 0.25) is 0 Å². The third-order valence-corrected chi connectivity index (χ3v) is 4.72. The summed E-state index contributed by atoms with van der Waals surface area (Å²) >= 11 is 0. The monoisotopic (exact) mass is 509 g/mol. The molecule has 0 radical (unpaired) electrons. The van der Waals surface area contributed by atoms with Gasteiger partial charge in [0.05, 0.1) is 19.3 Å². The smallest absolute Gasteiger partial charge is 0.191 e. The van der Waals surface area contributed by atoms with Gasteiger partial charge in [0.15, 0.2) is 5.96 Å². The van der Waals surface area contributed by atoms with Gasteiger partial charge in [-0.15, -0.1) is 24.0 Å². The molecule has 2 heterocycles. The zero-order valence-electron chi connectivity index (χ0n) is 17.5. The lowest BCUT2D eigenvalue weighted by Gasteiger charge is -2.32. The zero-order valence-corrected chi connectivity index (χ0v) is 19.8. The van der Waals surface area contributed by atoms with Gasteiger partial charge < -0.3 is 20.3 Å². The summed E-state index contributed by atoms with van der Waals surface area (Å²) in [5, 5.41) is 6.72. The summed E-state index contributed by atoms with van der Waals surface area (Å²) in [5.41, 5.74) is 3.66. The molecule has 0 saturated carbocycles. The van der Waals surface area contributed by atoms with Gasteiger partial charge in [0.25, 0.3) is 0 Å². The first kappa shape index (κ1) is 23.4. The van der Waals surface area contributed by atoms with Crippen LogP contribution in [0.15, 0.2) is 47.6 Å². The highest BCUT2D eigenvalue weighted by atomic mass is 127. The molecule has 6 nitrogen and oxygen atoms in total. The van der Waals surface area contributed by atoms with Gasteiger partial charge in [0, 0.05) is 32.4 Å². The Bertz CT molecular complexity index is 781. The highest BCUT2D eigenvalue weighted by Crippen LogP contribution is 2.17. The maximum absolute atomic E-state index is 5.63. The number of morpholine rings is 1. The second-order valence-electron chi connectivity index (χ2n) is 7.18. The van der Waals surface area contributed by atoms with Crippen molar-refractivity contribution in [1.29, 1.82) is 0 Å². The average Bonchev–Trinajstić information content (AvgIpc) is 2.71. The number of aliphatic imine (C=N–C) groups is 1. The molecule has 0 spiro atoms. The van der Waals surface area contributed by atoms with Gasteiger partial charge in [-0.05, 0) is 44.0 Å². The van der Waals surface area contributed by atoms with Crippen LogP contribution in [0, 0.1) is 6.92 Å². The molecule has 2 aromatic rings. The Kier molecular flexibility index (Phi) is 9.66. The Hall–Kier alpha value is -1.87. The van der Waals surface area contributed by atoms with Crippen LogP contribution < -0.4 is 15.5 Å². The fraction of sp³-hybridized carbons (Fsp3) is 0.455. The fourth-order valence-corrected chi connectivity index (χ4v) is 3.16. The first-order chi connectivity index (χ1) is 13.6. The maximum atomic E-state index is 5.63. The van der Waals surface area contributed by atoms with Crippen molar-refractivity contribution < 1.29 is 4.74 Å². The number of aromatic nitrogens is 1. The van der Waals surface area contributed by atoms with Crippen molar-refractivity contribution in [2.75, 3.05) is 31.1 Å². The molecule has 0 aliphatic carbocycles. The average molecular weight is 509 g/mol. The van der Waals surface area contributed by atoms with E-state index < -0.39 is 0 Å². The molecule has 1 aliphatic heterocycles. The summed E-state index contributed by atoms with van der Waals surface area (Å²) in [6, 6.07) is 12.7.